The molecule has 3 aromatic rings. The molecule has 0 amide bonds. The summed E-state index contributed by atoms with van der Waals surface area (Å²) in [6.45, 7) is -1.01. The average Bonchev–Trinajstić information content (AvgIpc) is 3.03. The number of aromatic nitrogens is 3. The van der Waals surface area contributed by atoms with Crippen LogP contribution in [0.15, 0.2) is 35.1 Å². The highest BCUT2D eigenvalue weighted by Crippen LogP contribution is 2.30. The Kier molecular flexibility index (Phi) is 3.61. The van der Waals surface area contributed by atoms with E-state index in [1.807, 2.05) is 0 Å². The van der Waals surface area contributed by atoms with Crippen LogP contribution < -0.4 is 0 Å². The highest BCUT2D eigenvalue weighted by Gasteiger charge is 2.31. The van der Waals surface area contributed by atoms with Crippen molar-refractivity contribution in [3.8, 4) is 11.4 Å². The van der Waals surface area contributed by atoms with E-state index in [2.05, 4.69) is 10.1 Å². The van der Waals surface area contributed by atoms with Crippen molar-refractivity contribution in [3.05, 3.63) is 36.2 Å². The van der Waals surface area contributed by atoms with E-state index in [9.17, 15) is 13.2 Å². The van der Waals surface area contributed by atoms with Crippen molar-refractivity contribution in [1.82, 2.24) is 14.7 Å². The first-order chi connectivity index (χ1) is 10.5. The topological polar surface area (TPSA) is 53.1 Å². The highest BCUT2D eigenvalue weighted by molar-refractivity contribution is 5.80. The molecule has 0 bridgehead atoms. The predicted octanol–water partition coefficient (Wildman–Crippen LogP) is 3.40. The molecule has 0 aliphatic rings. The molecule has 116 valence electrons. The molecular formula is C14H12F3N3O2. The summed E-state index contributed by atoms with van der Waals surface area (Å²) in [4.78, 5) is 4.29. The number of imidazole rings is 1. The number of benzene rings is 1. The summed E-state index contributed by atoms with van der Waals surface area (Å²) in [6.07, 6.45) is -3.08. The van der Waals surface area contributed by atoms with Gasteiger partial charge in [-0.25, -0.2) is 4.98 Å². The molecule has 0 atom stereocenters. The molecule has 0 radical (unpaired) electrons. The molecule has 3 rings (SSSR count). The van der Waals surface area contributed by atoms with Gasteiger partial charge in [-0.05, 0) is 12.1 Å². The van der Waals surface area contributed by atoms with Crippen LogP contribution >= 0.6 is 0 Å². The molecule has 1 aromatic carbocycles. The first-order valence-electron chi connectivity index (χ1n) is 6.44. The van der Waals surface area contributed by atoms with Crippen molar-refractivity contribution in [2.75, 3.05) is 7.11 Å². The lowest BCUT2D eigenvalue weighted by atomic mass is 10.2. The van der Waals surface area contributed by atoms with Gasteiger partial charge in [0.1, 0.15) is 24.3 Å². The monoisotopic (exact) mass is 311 g/mol. The third-order valence-electron chi connectivity index (χ3n) is 3.16. The van der Waals surface area contributed by atoms with E-state index >= 15 is 0 Å². The van der Waals surface area contributed by atoms with Crippen LogP contribution in [-0.4, -0.2) is 28.0 Å². The number of hydrogen-bond acceptors (Lipinski definition) is 4. The summed E-state index contributed by atoms with van der Waals surface area (Å²) in [5.41, 5.74) is 1.68. The minimum atomic E-state index is -4.36. The van der Waals surface area contributed by atoms with Crippen molar-refractivity contribution in [2.45, 2.75) is 19.3 Å². The Morgan fingerprint density at radius 3 is 2.77 bits per heavy atom. The van der Waals surface area contributed by atoms with Gasteiger partial charge in [0.25, 0.3) is 0 Å². The molecule has 22 heavy (non-hydrogen) atoms. The van der Waals surface area contributed by atoms with E-state index in [1.54, 1.807) is 24.3 Å². The van der Waals surface area contributed by atoms with Gasteiger partial charge in [0.15, 0.2) is 0 Å². The zero-order valence-corrected chi connectivity index (χ0v) is 11.6. The van der Waals surface area contributed by atoms with E-state index in [-0.39, 0.29) is 12.4 Å². The van der Waals surface area contributed by atoms with Gasteiger partial charge in [-0.2, -0.15) is 13.2 Å². The zero-order valence-electron chi connectivity index (χ0n) is 11.6. The molecule has 0 saturated carbocycles. The minimum absolute atomic E-state index is 0.126. The van der Waals surface area contributed by atoms with E-state index in [1.165, 1.54) is 13.4 Å². The number of halogens is 3. The lowest BCUT2D eigenvalue weighted by Gasteiger charge is -2.11. The number of alkyl halides is 3. The van der Waals surface area contributed by atoms with Crippen LogP contribution in [0, 0.1) is 0 Å². The summed E-state index contributed by atoms with van der Waals surface area (Å²) >= 11 is 0. The summed E-state index contributed by atoms with van der Waals surface area (Å²) in [5, 5.41) is 3.76. The maximum Gasteiger partial charge on any atom is 0.406 e. The SMILES string of the molecule is COCc1nocc1-c1nc2ccccc2n1CC(F)(F)F. The fraction of sp³-hybridized carbons (Fsp3) is 0.286. The lowest BCUT2D eigenvalue weighted by Crippen LogP contribution is -2.18. The molecule has 0 saturated heterocycles. The van der Waals surface area contributed by atoms with Crippen LogP contribution in [0.5, 0.6) is 0 Å². The van der Waals surface area contributed by atoms with Crippen LogP contribution in [0.3, 0.4) is 0 Å². The van der Waals surface area contributed by atoms with E-state index < -0.39 is 12.7 Å². The van der Waals surface area contributed by atoms with E-state index in [4.69, 9.17) is 9.26 Å². The van der Waals surface area contributed by atoms with Crippen LogP contribution in [-0.2, 0) is 17.9 Å². The average molecular weight is 311 g/mol. The van der Waals surface area contributed by atoms with Crippen LogP contribution in [0.1, 0.15) is 5.69 Å². The molecule has 0 aliphatic carbocycles. The standard InChI is InChI=1S/C14H12F3N3O2/c1-21-7-11-9(6-22-19-11)13-18-10-4-2-3-5-12(10)20(13)8-14(15,16)17/h2-6H,7-8H2,1H3. The van der Waals surface area contributed by atoms with Crippen molar-refractivity contribution in [1.29, 1.82) is 0 Å². The predicted molar refractivity (Wildman–Crippen MR) is 72.0 cm³/mol. The minimum Gasteiger partial charge on any atom is -0.378 e. The second-order valence-electron chi connectivity index (χ2n) is 4.73. The van der Waals surface area contributed by atoms with Crippen molar-refractivity contribution in [3.63, 3.8) is 0 Å². The maximum absolute atomic E-state index is 12.9. The smallest absolute Gasteiger partial charge is 0.378 e. The largest absolute Gasteiger partial charge is 0.406 e. The van der Waals surface area contributed by atoms with Gasteiger partial charge >= 0.3 is 6.18 Å². The van der Waals surface area contributed by atoms with E-state index in [0.29, 0.717) is 22.3 Å². The second-order valence-corrected chi connectivity index (χ2v) is 4.73. The summed E-state index contributed by atoms with van der Waals surface area (Å²) in [5.74, 6) is 0.159. The van der Waals surface area contributed by atoms with Gasteiger partial charge in [0.2, 0.25) is 0 Å². The normalized spacial score (nSPS) is 12.2. The molecule has 0 spiro atoms. The fourth-order valence-electron chi connectivity index (χ4n) is 2.30. The Labute approximate surface area is 123 Å². The number of hydrogen-bond donors (Lipinski definition) is 0. The Morgan fingerprint density at radius 1 is 1.27 bits per heavy atom. The van der Waals surface area contributed by atoms with Gasteiger partial charge < -0.3 is 13.8 Å². The summed E-state index contributed by atoms with van der Waals surface area (Å²) in [7, 11) is 1.47. The summed E-state index contributed by atoms with van der Waals surface area (Å²) < 4.78 is 49.7. The second kappa shape index (κ2) is 5.45. The quantitative estimate of drug-likeness (QED) is 0.741. The van der Waals surface area contributed by atoms with Crippen molar-refractivity contribution < 1.29 is 22.4 Å². The van der Waals surface area contributed by atoms with Gasteiger partial charge in [0.05, 0.1) is 23.2 Å². The first kappa shape index (κ1) is 14.6. The number of para-hydroxylation sites is 2. The van der Waals surface area contributed by atoms with Gasteiger partial charge in [-0.1, -0.05) is 17.3 Å². The first-order valence-corrected chi connectivity index (χ1v) is 6.44. The molecule has 8 heteroatoms. The lowest BCUT2D eigenvalue weighted by molar-refractivity contribution is -0.139. The third-order valence-corrected chi connectivity index (χ3v) is 3.16. The maximum atomic E-state index is 12.9. The van der Waals surface area contributed by atoms with Crippen molar-refractivity contribution in [2.24, 2.45) is 0 Å². The Hall–Kier alpha value is -2.35. The number of methoxy groups -OCH3 is 1. The molecule has 0 aliphatic heterocycles. The zero-order chi connectivity index (χ0) is 15.7. The molecule has 0 fully saturated rings. The third kappa shape index (κ3) is 2.69. The number of fused-ring (bicyclic) bond motifs is 1. The van der Waals surface area contributed by atoms with Crippen molar-refractivity contribution >= 4 is 11.0 Å². The molecule has 5 nitrogen and oxygen atoms in total. The van der Waals surface area contributed by atoms with E-state index in [0.717, 1.165) is 4.57 Å². The number of ether oxygens (including phenoxy) is 1. The van der Waals surface area contributed by atoms with Crippen LogP contribution in [0.4, 0.5) is 13.2 Å². The fourth-order valence-corrected chi connectivity index (χ4v) is 2.30. The Morgan fingerprint density at radius 2 is 2.05 bits per heavy atom. The highest BCUT2D eigenvalue weighted by atomic mass is 19.4. The summed E-state index contributed by atoms with van der Waals surface area (Å²) in [6, 6.07) is 6.65. The molecule has 0 unspecified atom stereocenters. The molecular weight excluding hydrogens is 299 g/mol. The van der Waals surface area contributed by atoms with Gasteiger partial charge in [-0.3, -0.25) is 0 Å². The van der Waals surface area contributed by atoms with Crippen LogP contribution in [0.25, 0.3) is 22.4 Å². The molecule has 0 N–H and O–H groups in total. The van der Waals surface area contributed by atoms with Gasteiger partial charge in [-0.15, -0.1) is 0 Å². The molecule has 2 heterocycles. The molecule has 2 aromatic heterocycles. The van der Waals surface area contributed by atoms with Crippen LogP contribution in [0.2, 0.25) is 0 Å². The Balaban J connectivity index is 2.19. The number of rotatable bonds is 4. The van der Waals surface area contributed by atoms with Gasteiger partial charge in [0, 0.05) is 7.11 Å². The Bertz CT molecular complexity index is 792. The number of nitrogens with zero attached hydrogens (tertiary/aromatic N) is 3.